The predicted octanol–water partition coefficient (Wildman–Crippen LogP) is 2.76. The van der Waals surface area contributed by atoms with Crippen LogP contribution in [-0.4, -0.2) is 38.4 Å². The number of hydrogen-bond donors (Lipinski definition) is 0. The van der Waals surface area contributed by atoms with Crippen LogP contribution in [0.3, 0.4) is 0 Å². The van der Waals surface area contributed by atoms with E-state index in [1.807, 2.05) is 18.5 Å². The molecule has 0 aliphatic carbocycles. The van der Waals surface area contributed by atoms with Gasteiger partial charge in [0.05, 0.1) is 10.7 Å². The fourth-order valence-electron chi connectivity index (χ4n) is 2.17. The number of nitrogens with zero attached hydrogens (tertiary/aromatic N) is 5. The molecule has 0 aromatic carbocycles. The maximum Gasteiger partial charge on any atom is 0.224 e. The van der Waals surface area contributed by atoms with Crippen LogP contribution >= 0.6 is 11.6 Å². The summed E-state index contributed by atoms with van der Waals surface area (Å²) in [7, 11) is 2.08. The van der Waals surface area contributed by atoms with Crippen molar-refractivity contribution in [2.24, 2.45) is 0 Å². The summed E-state index contributed by atoms with van der Waals surface area (Å²) >= 11 is 6.39. The minimum atomic E-state index is 0.459. The van der Waals surface area contributed by atoms with Crippen molar-refractivity contribution >= 4 is 11.6 Å². The molecule has 2 aromatic rings. The Kier molecular flexibility index (Phi) is 4.77. The monoisotopic (exact) mass is 297 g/mol. The maximum absolute atomic E-state index is 6.39. The SMILES string of the molecule is CC.Cc1nc(-c2nn3c(c2Cl)CN(C)CCC3)no1. The van der Waals surface area contributed by atoms with Crippen LogP contribution in [0.2, 0.25) is 5.02 Å². The number of aromatic nitrogens is 4. The van der Waals surface area contributed by atoms with E-state index < -0.39 is 0 Å². The van der Waals surface area contributed by atoms with Gasteiger partial charge in [-0.3, -0.25) is 4.68 Å². The zero-order valence-electron chi connectivity index (χ0n) is 12.4. The van der Waals surface area contributed by atoms with E-state index in [0.29, 0.717) is 22.4 Å². The minimum absolute atomic E-state index is 0.459. The quantitative estimate of drug-likeness (QED) is 0.810. The molecule has 1 aliphatic rings. The van der Waals surface area contributed by atoms with E-state index >= 15 is 0 Å². The van der Waals surface area contributed by atoms with Gasteiger partial charge in [0.1, 0.15) is 0 Å². The lowest BCUT2D eigenvalue weighted by atomic mass is 10.3. The molecule has 3 rings (SSSR count). The molecule has 0 saturated carbocycles. The second-order valence-corrected chi connectivity index (χ2v) is 4.94. The molecule has 1 aliphatic heterocycles. The summed E-state index contributed by atoms with van der Waals surface area (Å²) in [4.78, 5) is 6.41. The summed E-state index contributed by atoms with van der Waals surface area (Å²) in [5, 5.41) is 9.00. The lowest BCUT2D eigenvalue weighted by Crippen LogP contribution is -2.17. The molecule has 3 heterocycles. The van der Waals surface area contributed by atoms with Crippen LogP contribution in [0, 0.1) is 6.92 Å². The van der Waals surface area contributed by atoms with E-state index in [1.54, 1.807) is 6.92 Å². The Labute approximate surface area is 123 Å². The zero-order chi connectivity index (χ0) is 14.7. The third kappa shape index (κ3) is 2.86. The van der Waals surface area contributed by atoms with Crippen LogP contribution in [0.15, 0.2) is 4.52 Å². The number of rotatable bonds is 1. The molecule has 0 N–H and O–H groups in total. The van der Waals surface area contributed by atoms with Gasteiger partial charge in [0.2, 0.25) is 11.7 Å². The van der Waals surface area contributed by atoms with Crippen LogP contribution in [0.5, 0.6) is 0 Å². The molecule has 0 bridgehead atoms. The molecule has 0 saturated heterocycles. The molecule has 0 fully saturated rings. The Morgan fingerprint density at radius 3 is 2.65 bits per heavy atom. The highest BCUT2D eigenvalue weighted by Gasteiger charge is 2.23. The molecule has 20 heavy (non-hydrogen) atoms. The number of fused-ring (bicyclic) bond motifs is 1. The Morgan fingerprint density at radius 2 is 2.00 bits per heavy atom. The summed E-state index contributed by atoms with van der Waals surface area (Å²) in [6.45, 7) is 8.47. The zero-order valence-corrected chi connectivity index (χ0v) is 13.1. The molecule has 2 aromatic heterocycles. The average molecular weight is 298 g/mol. The van der Waals surface area contributed by atoms with E-state index in [1.165, 1.54) is 0 Å². The predicted molar refractivity (Wildman–Crippen MR) is 77.6 cm³/mol. The first-order chi connectivity index (χ1) is 9.65. The van der Waals surface area contributed by atoms with Gasteiger partial charge in [-0.15, -0.1) is 0 Å². The second-order valence-electron chi connectivity index (χ2n) is 4.56. The van der Waals surface area contributed by atoms with Gasteiger partial charge in [-0.2, -0.15) is 10.1 Å². The Morgan fingerprint density at radius 1 is 1.25 bits per heavy atom. The van der Waals surface area contributed by atoms with Crippen molar-refractivity contribution in [3.63, 3.8) is 0 Å². The van der Waals surface area contributed by atoms with Crippen molar-refractivity contribution < 1.29 is 4.52 Å². The van der Waals surface area contributed by atoms with E-state index in [4.69, 9.17) is 16.1 Å². The van der Waals surface area contributed by atoms with Crippen molar-refractivity contribution in [1.82, 2.24) is 24.8 Å². The van der Waals surface area contributed by atoms with Crippen molar-refractivity contribution in [3.05, 3.63) is 16.6 Å². The summed E-state index contributed by atoms with van der Waals surface area (Å²) in [6.07, 6.45) is 1.06. The minimum Gasteiger partial charge on any atom is -0.339 e. The van der Waals surface area contributed by atoms with E-state index in [9.17, 15) is 0 Å². The van der Waals surface area contributed by atoms with Gasteiger partial charge in [0.25, 0.3) is 0 Å². The van der Waals surface area contributed by atoms with Gasteiger partial charge in [-0.05, 0) is 13.5 Å². The molecule has 0 amide bonds. The first-order valence-corrected chi connectivity index (χ1v) is 7.27. The maximum atomic E-state index is 6.39. The lowest BCUT2D eigenvalue weighted by molar-refractivity contribution is 0.332. The first-order valence-electron chi connectivity index (χ1n) is 6.89. The lowest BCUT2D eigenvalue weighted by Gasteiger charge is -2.11. The normalized spacial score (nSPS) is 15.2. The molecule has 6 nitrogen and oxygen atoms in total. The molecule has 110 valence electrons. The van der Waals surface area contributed by atoms with Crippen molar-refractivity contribution in [3.8, 4) is 11.5 Å². The molecule has 0 atom stereocenters. The summed E-state index contributed by atoms with van der Waals surface area (Å²) in [5.41, 5.74) is 1.63. The fraction of sp³-hybridized carbons (Fsp3) is 0.615. The van der Waals surface area contributed by atoms with Crippen LogP contribution < -0.4 is 0 Å². The summed E-state index contributed by atoms with van der Waals surface area (Å²) in [5.74, 6) is 0.974. The number of halogens is 1. The van der Waals surface area contributed by atoms with Crippen LogP contribution in [0.1, 0.15) is 31.9 Å². The molecule has 0 radical (unpaired) electrons. The van der Waals surface area contributed by atoms with Gasteiger partial charge >= 0.3 is 0 Å². The largest absolute Gasteiger partial charge is 0.339 e. The first kappa shape index (κ1) is 15.0. The highest BCUT2D eigenvalue weighted by molar-refractivity contribution is 6.33. The molecule has 0 unspecified atom stereocenters. The average Bonchev–Trinajstić information content (AvgIpc) is 2.93. The number of hydrogen-bond acceptors (Lipinski definition) is 5. The van der Waals surface area contributed by atoms with Crippen molar-refractivity contribution in [2.75, 3.05) is 13.6 Å². The highest BCUT2D eigenvalue weighted by Crippen LogP contribution is 2.30. The topological polar surface area (TPSA) is 60.0 Å². The van der Waals surface area contributed by atoms with E-state index in [-0.39, 0.29) is 0 Å². The molecule has 7 heteroatoms. The smallest absolute Gasteiger partial charge is 0.224 e. The highest BCUT2D eigenvalue weighted by atomic mass is 35.5. The van der Waals surface area contributed by atoms with Gasteiger partial charge in [0, 0.05) is 26.6 Å². The van der Waals surface area contributed by atoms with Gasteiger partial charge < -0.3 is 9.42 Å². The number of aryl methyl sites for hydroxylation is 2. The standard InChI is InChI=1S/C11H14ClN5O.C2H6/c1-7-13-11(15-18-7)10-9(12)8-6-16(2)4-3-5-17(8)14-10;1-2/h3-6H2,1-2H3;1-2H3. The second kappa shape index (κ2) is 6.37. The van der Waals surface area contributed by atoms with Crippen molar-refractivity contribution in [1.29, 1.82) is 0 Å². The third-order valence-electron chi connectivity index (χ3n) is 3.06. The van der Waals surface area contributed by atoms with Gasteiger partial charge in [-0.25, -0.2) is 0 Å². The van der Waals surface area contributed by atoms with Gasteiger partial charge in [0.15, 0.2) is 5.69 Å². The van der Waals surface area contributed by atoms with Crippen LogP contribution in [0.25, 0.3) is 11.5 Å². The van der Waals surface area contributed by atoms with E-state index in [2.05, 4.69) is 27.2 Å². The van der Waals surface area contributed by atoms with Crippen molar-refractivity contribution in [2.45, 2.75) is 40.3 Å². The molecular formula is C13H20ClN5O. The van der Waals surface area contributed by atoms with Crippen LogP contribution in [-0.2, 0) is 13.1 Å². The fourth-order valence-corrected chi connectivity index (χ4v) is 2.45. The summed E-state index contributed by atoms with van der Waals surface area (Å²) in [6, 6.07) is 0. The van der Waals surface area contributed by atoms with E-state index in [0.717, 1.165) is 31.7 Å². The van der Waals surface area contributed by atoms with Crippen LogP contribution in [0.4, 0.5) is 0 Å². The van der Waals surface area contributed by atoms with Gasteiger partial charge in [-0.1, -0.05) is 30.6 Å². The molecular weight excluding hydrogens is 278 g/mol. The summed E-state index contributed by atoms with van der Waals surface area (Å²) < 4.78 is 6.92. The Hall–Kier alpha value is -1.40. The Balaban J connectivity index is 0.000000704. The third-order valence-corrected chi connectivity index (χ3v) is 3.46. The Bertz CT molecular complexity index is 577. The molecule has 0 spiro atoms.